The molecule has 9 heteroatoms. The zero-order valence-electron chi connectivity index (χ0n) is 26.5. The number of hydrogen-bond acceptors (Lipinski definition) is 7. The third-order valence-corrected chi connectivity index (χ3v) is 15.1. The maximum Gasteiger partial charge on any atom is 0.357 e. The van der Waals surface area contributed by atoms with Crippen LogP contribution in [-0.4, -0.2) is 61.6 Å². The Morgan fingerprint density at radius 3 is 2.40 bits per heavy atom. The van der Waals surface area contributed by atoms with Crippen LogP contribution in [0.3, 0.4) is 0 Å². The zero-order chi connectivity index (χ0) is 30.4. The minimum atomic E-state index is -1.85. The van der Waals surface area contributed by atoms with E-state index in [9.17, 15) is 9.59 Å². The fourth-order valence-corrected chi connectivity index (χ4v) is 7.67. The second kappa shape index (κ2) is 17.6. The molecule has 1 amide bonds. The van der Waals surface area contributed by atoms with Crippen LogP contribution in [0.5, 0.6) is 0 Å². The van der Waals surface area contributed by atoms with Crippen molar-refractivity contribution in [1.29, 1.82) is 0 Å². The van der Waals surface area contributed by atoms with E-state index in [-0.39, 0.29) is 23.0 Å². The summed E-state index contributed by atoms with van der Waals surface area (Å²) in [6, 6.07) is 10.9. The molecule has 1 atom stereocenters. The monoisotopic (exact) mass is 632 g/mol. The Morgan fingerprint density at radius 2 is 1.71 bits per heavy atom. The van der Waals surface area contributed by atoms with E-state index in [2.05, 4.69) is 69.2 Å². The van der Waals surface area contributed by atoms with Gasteiger partial charge in [0.1, 0.15) is 0 Å². The van der Waals surface area contributed by atoms with Crippen molar-refractivity contribution in [3.63, 3.8) is 0 Å². The van der Waals surface area contributed by atoms with Crippen LogP contribution < -0.4 is 0 Å². The summed E-state index contributed by atoms with van der Waals surface area (Å²) in [7, 11) is -1.85. The van der Waals surface area contributed by atoms with Crippen LogP contribution >= 0.6 is 23.1 Å². The molecule has 0 aliphatic carbocycles. The molecule has 1 aliphatic heterocycles. The van der Waals surface area contributed by atoms with Crippen molar-refractivity contribution >= 4 is 43.3 Å². The molecule has 1 aliphatic rings. The fraction of sp³-hybridized carbons (Fsp3) is 0.667. The normalized spacial score (nSPS) is 15.9. The average Bonchev–Trinajstić information content (AvgIpc) is 3.57. The first-order valence-corrected chi connectivity index (χ1v) is 20.6. The zero-order valence-corrected chi connectivity index (χ0v) is 29.1. The lowest BCUT2D eigenvalue weighted by Crippen LogP contribution is -2.45. The Labute approximate surface area is 263 Å². The molecule has 0 radical (unpaired) electrons. The summed E-state index contributed by atoms with van der Waals surface area (Å²) >= 11 is 3.06. The van der Waals surface area contributed by atoms with Crippen LogP contribution in [0.2, 0.25) is 18.1 Å². The molecule has 1 aromatic carbocycles. The van der Waals surface area contributed by atoms with Crippen LogP contribution in [-0.2, 0) is 20.4 Å². The average molecular weight is 633 g/mol. The molecule has 0 N–H and O–H groups in total. The largest absolute Gasteiger partial charge is 0.461 e. The summed E-state index contributed by atoms with van der Waals surface area (Å²) in [6.07, 6.45) is 12.2. The number of carbonyl (C=O) groups excluding carboxylic acids is 2. The van der Waals surface area contributed by atoms with Gasteiger partial charge in [0.2, 0.25) is 5.91 Å². The number of esters is 1. The summed E-state index contributed by atoms with van der Waals surface area (Å²) in [5.41, 5.74) is 1.82. The highest BCUT2D eigenvalue weighted by Gasteiger charge is 2.39. The first kappa shape index (κ1) is 34.8. The van der Waals surface area contributed by atoms with E-state index in [4.69, 9.17) is 9.16 Å². The van der Waals surface area contributed by atoms with Crippen molar-refractivity contribution < 1.29 is 18.8 Å². The highest BCUT2D eigenvalue weighted by Crippen LogP contribution is 2.37. The molecule has 0 bridgehead atoms. The topological polar surface area (TPSA) is 68.7 Å². The Morgan fingerprint density at radius 1 is 1.05 bits per heavy atom. The second-order valence-corrected chi connectivity index (χ2v) is 19.9. The van der Waals surface area contributed by atoms with Gasteiger partial charge in [-0.3, -0.25) is 4.79 Å². The SMILES string of the molecule is CC(C)(C)[Si](C)(C)OC[C@H]1CCC(=O)N1CCSc1nc(C(=O)OCCCCCCCCCCc2ccccc2)cs1. The smallest absolute Gasteiger partial charge is 0.357 e. The molecule has 6 nitrogen and oxygen atoms in total. The number of hydrogen-bond donors (Lipinski definition) is 0. The lowest BCUT2D eigenvalue weighted by atomic mass is 10.0. The fourth-order valence-electron chi connectivity index (χ4n) is 4.82. The van der Waals surface area contributed by atoms with Gasteiger partial charge in [-0.2, -0.15) is 0 Å². The highest BCUT2D eigenvalue weighted by molar-refractivity contribution is 8.01. The van der Waals surface area contributed by atoms with Gasteiger partial charge in [0.25, 0.3) is 0 Å². The maximum absolute atomic E-state index is 12.5. The Bertz CT molecular complexity index is 1090. The summed E-state index contributed by atoms with van der Waals surface area (Å²) < 4.78 is 12.7. The third kappa shape index (κ3) is 11.8. The molecule has 1 fully saturated rings. The summed E-state index contributed by atoms with van der Waals surface area (Å²) in [4.78, 5) is 31.4. The molecule has 0 spiro atoms. The minimum absolute atomic E-state index is 0.152. The van der Waals surface area contributed by atoms with Crippen molar-refractivity contribution in [3.8, 4) is 0 Å². The number of benzene rings is 1. The predicted molar refractivity (Wildman–Crippen MR) is 178 cm³/mol. The number of ether oxygens (including phenoxy) is 1. The summed E-state index contributed by atoms with van der Waals surface area (Å²) in [5, 5.41) is 1.93. The van der Waals surface area contributed by atoms with Gasteiger partial charge in [0, 0.05) is 24.1 Å². The van der Waals surface area contributed by atoms with Crippen LogP contribution in [0, 0.1) is 0 Å². The van der Waals surface area contributed by atoms with Crippen LogP contribution in [0.15, 0.2) is 40.1 Å². The van der Waals surface area contributed by atoms with Crippen molar-refractivity contribution in [1.82, 2.24) is 9.88 Å². The maximum atomic E-state index is 12.5. The van der Waals surface area contributed by atoms with E-state index in [0.29, 0.717) is 31.9 Å². The van der Waals surface area contributed by atoms with Gasteiger partial charge >= 0.3 is 5.97 Å². The van der Waals surface area contributed by atoms with Crippen LogP contribution in [0.1, 0.15) is 101 Å². The van der Waals surface area contributed by atoms with Crippen molar-refractivity contribution in [2.45, 2.75) is 120 Å². The number of unbranched alkanes of at least 4 members (excludes halogenated alkanes) is 7. The van der Waals surface area contributed by atoms with Gasteiger partial charge in [0.05, 0.1) is 19.3 Å². The second-order valence-electron chi connectivity index (χ2n) is 12.9. The summed E-state index contributed by atoms with van der Waals surface area (Å²) in [5.74, 6) is 0.618. The van der Waals surface area contributed by atoms with Crippen molar-refractivity contribution in [2.24, 2.45) is 0 Å². The van der Waals surface area contributed by atoms with Crippen LogP contribution in [0.4, 0.5) is 0 Å². The molecular formula is C33H52N2O4S2Si. The van der Waals surface area contributed by atoms with Gasteiger partial charge < -0.3 is 14.1 Å². The number of amides is 1. The molecule has 1 aromatic heterocycles. The van der Waals surface area contributed by atoms with Gasteiger partial charge in [0.15, 0.2) is 18.4 Å². The number of thioether (sulfide) groups is 1. The number of aromatic nitrogens is 1. The Hall–Kier alpha value is -1.68. The number of likely N-dealkylation sites (tertiary alicyclic amines) is 1. The van der Waals surface area contributed by atoms with Gasteiger partial charge in [-0.25, -0.2) is 9.78 Å². The molecule has 42 heavy (non-hydrogen) atoms. The van der Waals surface area contributed by atoms with Gasteiger partial charge in [-0.1, -0.05) is 101 Å². The van der Waals surface area contributed by atoms with Crippen molar-refractivity contribution in [3.05, 3.63) is 47.0 Å². The first-order chi connectivity index (χ1) is 20.1. The van der Waals surface area contributed by atoms with E-state index >= 15 is 0 Å². The van der Waals surface area contributed by atoms with Crippen LogP contribution in [0.25, 0.3) is 0 Å². The Kier molecular flexibility index (Phi) is 14.6. The van der Waals surface area contributed by atoms with E-state index < -0.39 is 8.32 Å². The number of thiazole rings is 1. The highest BCUT2D eigenvalue weighted by atomic mass is 32.2. The molecular weight excluding hydrogens is 581 g/mol. The predicted octanol–water partition coefficient (Wildman–Crippen LogP) is 8.77. The molecule has 3 rings (SSSR count). The molecule has 0 saturated carbocycles. The lowest BCUT2D eigenvalue weighted by Gasteiger charge is -2.38. The number of carbonyl (C=O) groups is 2. The molecule has 0 unspecified atom stereocenters. The number of nitrogens with zero attached hydrogens (tertiary/aromatic N) is 2. The minimum Gasteiger partial charge on any atom is -0.461 e. The van der Waals surface area contributed by atoms with E-state index in [1.54, 1.807) is 17.1 Å². The molecule has 234 valence electrons. The standard InChI is InChI=1S/C33H52N2O4S2Si/c1-33(2,3)42(4,5)39-25-28-20-21-30(36)35(28)22-24-40-32-34-29(26-41-32)31(37)38-23-16-11-9-7-6-8-10-13-17-27-18-14-12-15-19-27/h12,14-15,18-19,26,28H,6-11,13,16-17,20-25H2,1-5H3/t28-/m1/s1. The third-order valence-electron chi connectivity index (χ3n) is 8.58. The van der Waals surface area contributed by atoms with E-state index in [0.717, 1.165) is 29.4 Å². The number of aryl methyl sites for hydroxylation is 1. The quantitative estimate of drug-likeness (QED) is 0.0668. The summed E-state index contributed by atoms with van der Waals surface area (Å²) in [6.45, 7) is 13.0. The van der Waals surface area contributed by atoms with Crippen molar-refractivity contribution in [2.75, 3.05) is 25.5 Å². The number of rotatable bonds is 19. The molecule has 1 saturated heterocycles. The molecule has 2 heterocycles. The first-order valence-electron chi connectivity index (χ1n) is 15.8. The molecule has 2 aromatic rings. The van der Waals surface area contributed by atoms with E-state index in [1.165, 1.54) is 61.8 Å². The Balaban J connectivity index is 1.23. The van der Waals surface area contributed by atoms with Gasteiger partial charge in [-0.05, 0) is 49.4 Å². The van der Waals surface area contributed by atoms with Gasteiger partial charge in [-0.15, -0.1) is 11.3 Å². The lowest BCUT2D eigenvalue weighted by molar-refractivity contribution is -0.129. The van der Waals surface area contributed by atoms with E-state index in [1.807, 2.05) is 4.90 Å².